The molecule has 3 rings (SSSR count). The highest BCUT2D eigenvalue weighted by atomic mass is 79.9. The number of hydrogen-bond donors (Lipinski definition) is 1. The lowest BCUT2D eigenvalue weighted by Gasteiger charge is -2.10. The van der Waals surface area contributed by atoms with Crippen LogP contribution in [0.15, 0.2) is 67.0 Å². The normalized spacial score (nSPS) is 10.9. The third-order valence-electron chi connectivity index (χ3n) is 3.86. The van der Waals surface area contributed by atoms with Crippen molar-refractivity contribution in [1.29, 1.82) is 0 Å². The van der Waals surface area contributed by atoms with Crippen molar-refractivity contribution in [3.63, 3.8) is 0 Å². The van der Waals surface area contributed by atoms with Crippen molar-refractivity contribution in [3.05, 3.63) is 78.9 Å². The topological polar surface area (TPSA) is 107 Å². The van der Waals surface area contributed by atoms with Crippen LogP contribution in [0.2, 0.25) is 0 Å². The first-order valence-corrected chi connectivity index (χ1v) is 10.2. The van der Waals surface area contributed by atoms with E-state index < -0.39 is 10.8 Å². The van der Waals surface area contributed by atoms with Crippen LogP contribution in [0.1, 0.15) is 11.3 Å². The van der Waals surface area contributed by atoms with Gasteiger partial charge in [0, 0.05) is 17.7 Å². The number of nitro benzene ring substituents is 1. The number of aryl methyl sites for hydroxylation is 1. The van der Waals surface area contributed by atoms with Crippen molar-refractivity contribution >= 4 is 49.7 Å². The average Bonchev–Trinajstić information content (AvgIpc) is 3.16. The van der Waals surface area contributed by atoms with E-state index in [1.807, 2.05) is 19.1 Å². The van der Waals surface area contributed by atoms with E-state index in [-0.39, 0.29) is 12.3 Å². The molecule has 0 saturated carbocycles. The molecule has 30 heavy (non-hydrogen) atoms. The Labute approximate surface area is 188 Å². The Morgan fingerprint density at radius 3 is 2.50 bits per heavy atom. The largest absolute Gasteiger partial charge is 0.481 e. The monoisotopic (exact) mass is 535 g/mol. The quantitative estimate of drug-likeness (QED) is 0.253. The maximum Gasteiger partial charge on any atom is 0.277 e. The smallest absolute Gasteiger partial charge is 0.277 e. The Bertz CT molecular complexity index is 1090. The van der Waals surface area contributed by atoms with Gasteiger partial charge in [-0.05, 0) is 80.7 Å². The number of nitrogens with zero attached hydrogens (tertiary/aromatic N) is 2. The number of benzene rings is 2. The first kappa shape index (κ1) is 21.7. The zero-order valence-corrected chi connectivity index (χ0v) is 18.8. The third kappa shape index (κ3) is 5.55. The van der Waals surface area contributed by atoms with Gasteiger partial charge in [0.2, 0.25) is 0 Å². The van der Waals surface area contributed by atoms with Crippen LogP contribution in [-0.2, 0) is 4.79 Å². The van der Waals surface area contributed by atoms with Gasteiger partial charge in [0.15, 0.2) is 6.61 Å². The second-order valence-electron chi connectivity index (χ2n) is 6.15. The number of rotatable bonds is 7. The van der Waals surface area contributed by atoms with Gasteiger partial charge >= 0.3 is 0 Å². The number of nitro groups is 1. The molecule has 0 radical (unpaired) electrons. The maximum absolute atomic E-state index is 11.9. The molecule has 0 aliphatic carbocycles. The molecule has 0 fully saturated rings. The highest BCUT2D eigenvalue weighted by molar-refractivity contribution is 9.11. The molecule has 1 aromatic heterocycles. The van der Waals surface area contributed by atoms with E-state index in [2.05, 4.69) is 42.4 Å². The Hall–Kier alpha value is -2.98. The molecule has 0 aliphatic rings. The molecule has 0 spiro atoms. The summed E-state index contributed by atoms with van der Waals surface area (Å²) in [6.45, 7) is 1.73. The fourth-order valence-electron chi connectivity index (χ4n) is 2.49. The fourth-order valence-corrected chi connectivity index (χ4v) is 4.13. The SMILES string of the molecule is Cc1cc(Br)c(OCC(=O)NN=Cc2ccc(-c3ccc([N+](=O)[O-])cc3)o2)c(Br)c1. The summed E-state index contributed by atoms with van der Waals surface area (Å²) >= 11 is 6.80. The van der Waals surface area contributed by atoms with Crippen molar-refractivity contribution in [1.82, 2.24) is 5.43 Å². The zero-order valence-electron chi connectivity index (χ0n) is 15.6. The van der Waals surface area contributed by atoms with Gasteiger partial charge in [0.05, 0.1) is 20.1 Å². The summed E-state index contributed by atoms with van der Waals surface area (Å²) in [5, 5.41) is 14.6. The minimum absolute atomic E-state index is 0.00159. The highest BCUT2D eigenvalue weighted by Crippen LogP contribution is 2.34. The number of carbonyl (C=O) groups excluding carboxylic acids is 1. The van der Waals surface area contributed by atoms with Crippen molar-refractivity contribution in [2.75, 3.05) is 6.61 Å². The number of carbonyl (C=O) groups is 1. The molecule has 10 heteroatoms. The zero-order chi connectivity index (χ0) is 21.7. The Morgan fingerprint density at radius 1 is 1.20 bits per heavy atom. The lowest BCUT2D eigenvalue weighted by molar-refractivity contribution is -0.384. The minimum atomic E-state index is -0.466. The fraction of sp³-hybridized carbons (Fsp3) is 0.100. The van der Waals surface area contributed by atoms with Crippen LogP contribution < -0.4 is 10.2 Å². The summed E-state index contributed by atoms with van der Waals surface area (Å²) in [5.74, 6) is 1.02. The summed E-state index contributed by atoms with van der Waals surface area (Å²) in [6, 6.07) is 13.1. The predicted octanol–water partition coefficient (Wildman–Crippen LogP) is 5.22. The summed E-state index contributed by atoms with van der Waals surface area (Å²) in [5.41, 5.74) is 4.09. The summed E-state index contributed by atoms with van der Waals surface area (Å²) < 4.78 is 12.6. The van der Waals surface area contributed by atoms with Crippen molar-refractivity contribution < 1.29 is 18.9 Å². The average molecular weight is 537 g/mol. The van der Waals surface area contributed by atoms with E-state index in [0.29, 0.717) is 22.8 Å². The van der Waals surface area contributed by atoms with E-state index in [4.69, 9.17) is 9.15 Å². The molecule has 1 N–H and O–H groups in total. The highest BCUT2D eigenvalue weighted by Gasteiger charge is 2.10. The van der Waals surface area contributed by atoms with Gasteiger partial charge in [-0.25, -0.2) is 5.43 Å². The molecule has 1 heterocycles. The molecule has 0 unspecified atom stereocenters. The van der Waals surface area contributed by atoms with Gasteiger partial charge < -0.3 is 9.15 Å². The van der Waals surface area contributed by atoms with E-state index in [9.17, 15) is 14.9 Å². The molecular weight excluding hydrogens is 522 g/mol. The van der Waals surface area contributed by atoms with Crippen LogP contribution in [0.5, 0.6) is 5.75 Å². The van der Waals surface area contributed by atoms with Gasteiger partial charge in [-0.3, -0.25) is 14.9 Å². The third-order valence-corrected chi connectivity index (χ3v) is 5.04. The summed E-state index contributed by atoms with van der Waals surface area (Å²) in [4.78, 5) is 22.2. The second-order valence-corrected chi connectivity index (χ2v) is 7.85. The molecular formula is C20H15Br2N3O5. The minimum Gasteiger partial charge on any atom is -0.481 e. The standard InChI is InChI=1S/C20H15Br2N3O5/c1-12-8-16(21)20(17(22)9-12)29-11-19(26)24-23-10-15-6-7-18(30-15)13-2-4-14(5-3-13)25(27)28/h2-10H,11H2,1H3,(H,24,26). The number of hydrazone groups is 1. The van der Waals surface area contributed by atoms with E-state index in [1.165, 1.54) is 18.3 Å². The molecule has 0 bridgehead atoms. The van der Waals surface area contributed by atoms with Gasteiger partial charge in [0.1, 0.15) is 17.3 Å². The Morgan fingerprint density at radius 2 is 1.87 bits per heavy atom. The van der Waals surface area contributed by atoms with Gasteiger partial charge in [-0.2, -0.15) is 5.10 Å². The molecule has 2 aromatic carbocycles. The van der Waals surface area contributed by atoms with Crippen LogP contribution in [0.3, 0.4) is 0 Å². The molecule has 0 aliphatic heterocycles. The van der Waals surface area contributed by atoms with Crippen molar-refractivity contribution in [2.45, 2.75) is 6.92 Å². The molecule has 1 amide bonds. The first-order chi connectivity index (χ1) is 14.3. The molecule has 0 atom stereocenters. The molecule has 0 saturated heterocycles. The number of amides is 1. The number of furan rings is 1. The van der Waals surface area contributed by atoms with E-state index in [0.717, 1.165) is 14.5 Å². The van der Waals surface area contributed by atoms with Crippen LogP contribution >= 0.6 is 31.9 Å². The number of non-ortho nitro benzene ring substituents is 1. The van der Waals surface area contributed by atoms with Crippen LogP contribution in [0, 0.1) is 17.0 Å². The lowest BCUT2D eigenvalue weighted by Crippen LogP contribution is -2.24. The predicted molar refractivity (Wildman–Crippen MR) is 119 cm³/mol. The summed E-state index contributed by atoms with van der Waals surface area (Å²) in [7, 11) is 0. The first-order valence-electron chi connectivity index (χ1n) is 8.58. The number of halogens is 2. The van der Waals surface area contributed by atoms with Gasteiger partial charge in [-0.15, -0.1) is 0 Å². The van der Waals surface area contributed by atoms with Gasteiger partial charge in [0.25, 0.3) is 11.6 Å². The number of hydrogen-bond acceptors (Lipinski definition) is 6. The van der Waals surface area contributed by atoms with Crippen molar-refractivity contribution in [3.8, 4) is 17.1 Å². The van der Waals surface area contributed by atoms with Crippen molar-refractivity contribution in [2.24, 2.45) is 5.10 Å². The Kier molecular flexibility index (Phi) is 7.01. The number of ether oxygens (including phenoxy) is 1. The molecule has 154 valence electrons. The van der Waals surface area contributed by atoms with Crippen LogP contribution in [-0.4, -0.2) is 23.7 Å². The Balaban J connectivity index is 1.54. The maximum atomic E-state index is 11.9. The summed E-state index contributed by atoms with van der Waals surface area (Å²) in [6.07, 6.45) is 1.35. The molecule has 3 aromatic rings. The second kappa shape index (κ2) is 9.68. The molecule has 8 nitrogen and oxygen atoms in total. The number of nitrogens with one attached hydrogen (secondary N) is 1. The van der Waals surface area contributed by atoms with E-state index in [1.54, 1.807) is 24.3 Å². The van der Waals surface area contributed by atoms with Crippen LogP contribution in [0.4, 0.5) is 5.69 Å². The van der Waals surface area contributed by atoms with E-state index >= 15 is 0 Å². The lowest BCUT2D eigenvalue weighted by atomic mass is 10.1. The van der Waals surface area contributed by atoms with Gasteiger partial charge in [-0.1, -0.05) is 0 Å². The van der Waals surface area contributed by atoms with Crippen LogP contribution in [0.25, 0.3) is 11.3 Å².